The van der Waals surface area contributed by atoms with Gasteiger partial charge in [-0.1, -0.05) is 0 Å². The molecule has 1 aromatic rings. The summed E-state index contributed by atoms with van der Waals surface area (Å²) in [4.78, 5) is 0. The number of halogens is 4. The molecule has 0 unspecified atom stereocenters. The molecular formula is C7H6F3IO3RfS. The second kappa shape index (κ2) is 5.12. The third-order valence-corrected chi connectivity index (χ3v) is 5.50. The summed E-state index contributed by atoms with van der Waals surface area (Å²) < 4.78 is 61.0. The van der Waals surface area contributed by atoms with Gasteiger partial charge in [-0.05, 0) is 0 Å². The third kappa shape index (κ3) is 3.66. The molecule has 0 aliphatic carbocycles. The van der Waals surface area contributed by atoms with Gasteiger partial charge in [0.2, 0.25) is 0 Å². The molecule has 0 saturated heterocycles. The van der Waals surface area contributed by atoms with Crippen molar-refractivity contribution < 1.29 is 24.1 Å². The van der Waals surface area contributed by atoms with Crippen molar-refractivity contribution in [3.8, 4) is 0 Å². The van der Waals surface area contributed by atoms with Crippen molar-refractivity contribution in [3.05, 3.63) is 33.9 Å². The van der Waals surface area contributed by atoms with Crippen LogP contribution in [0.2, 0.25) is 0 Å². The van der Waals surface area contributed by atoms with Gasteiger partial charge in [-0.3, -0.25) is 0 Å². The number of alkyl halides is 3. The van der Waals surface area contributed by atoms with Crippen molar-refractivity contribution in [1.29, 1.82) is 0 Å². The molecule has 0 bridgehead atoms. The number of rotatable bonds is 3. The molecule has 0 radical (unpaired) electrons. The van der Waals surface area contributed by atoms with E-state index in [0.717, 1.165) is 0 Å². The Bertz CT molecular complexity index is 420. The van der Waals surface area contributed by atoms with Crippen molar-refractivity contribution in [2.75, 3.05) is 0 Å². The molecular weight excluding hydrogens is 615 g/mol. The van der Waals surface area contributed by atoms with Gasteiger partial charge in [0.1, 0.15) is 0 Å². The van der Waals surface area contributed by atoms with Gasteiger partial charge in [-0.2, -0.15) is 0 Å². The molecule has 9 heteroatoms. The average Bonchev–Trinajstić information content (AvgIpc) is 2.15. The van der Waals surface area contributed by atoms with E-state index in [2.05, 4.69) is 2.51 Å². The number of hydrogen-bond acceptors (Lipinski definition) is 3. The summed E-state index contributed by atoms with van der Waals surface area (Å²) in [6, 6.07) is 7.92. The van der Waals surface area contributed by atoms with Gasteiger partial charge < -0.3 is 0 Å². The molecule has 0 saturated carbocycles. The van der Waals surface area contributed by atoms with Gasteiger partial charge >= 0.3 is 95.3 Å². The van der Waals surface area contributed by atoms with Crippen molar-refractivity contribution in [2.45, 2.75) is 5.51 Å². The minimum Gasteiger partial charge on any atom is 0 e. The molecule has 1 rings (SSSR count). The van der Waals surface area contributed by atoms with Crippen LogP contribution in [-0.2, 0) is 12.6 Å². The Morgan fingerprint density at radius 2 is 1.62 bits per heavy atom. The van der Waals surface area contributed by atoms with E-state index in [1.807, 2.05) is 0 Å². The van der Waals surface area contributed by atoms with Crippen LogP contribution in [0.1, 0.15) is 0 Å². The minimum atomic E-state index is -5.44. The van der Waals surface area contributed by atoms with E-state index < -0.39 is 37.2 Å². The van der Waals surface area contributed by atoms with Crippen LogP contribution in [0.4, 0.5) is 13.2 Å². The maximum absolute atomic E-state index is 11.8. The van der Waals surface area contributed by atoms with Gasteiger partial charge in [0, 0.05) is 0 Å². The fourth-order valence-electron chi connectivity index (χ4n) is 0.599. The Balaban J connectivity index is 0.00000225. The molecule has 0 aliphatic rings. The molecule has 0 aromatic heterocycles. The van der Waals surface area contributed by atoms with Crippen molar-refractivity contribution in [1.82, 2.24) is 0 Å². The zero-order chi connectivity index (χ0) is 11.5. The van der Waals surface area contributed by atoms with Crippen LogP contribution >= 0.6 is 21.6 Å². The standard InChI is InChI=1S/C7H6F3IO3S.Rf/c8-7(9,10)15(12,13)14-11-6-4-2-1-3-5-6;/h1-5,11H;. The molecule has 3 nitrogen and oxygen atoms in total. The van der Waals surface area contributed by atoms with E-state index >= 15 is 0 Å². The van der Waals surface area contributed by atoms with Gasteiger partial charge in [0.15, 0.2) is 0 Å². The molecule has 0 amide bonds. The van der Waals surface area contributed by atoms with Gasteiger partial charge in [-0.15, -0.1) is 0 Å². The Hall–Kier alpha value is -1.35. The van der Waals surface area contributed by atoms with Crippen molar-refractivity contribution in [3.63, 3.8) is 0 Å². The topological polar surface area (TPSA) is 43.4 Å². The molecule has 16 heavy (non-hydrogen) atoms. The summed E-state index contributed by atoms with van der Waals surface area (Å²) in [5, 5.41) is 0. The molecule has 88 valence electrons. The van der Waals surface area contributed by atoms with Crippen molar-refractivity contribution >= 4 is 31.7 Å². The van der Waals surface area contributed by atoms with E-state index in [1.165, 1.54) is 12.1 Å². The predicted octanol–water partition coefficient (Wildman–Crippen LogP) is 2.34. The van der Waals surface area contributed by atoms with Gasteiger partial charge in [0.05, 0.1) is 0 Å². The monoisotopic (exact) mass is 621 g/mol. The zero-order valence-electron chi connectivity index (χ0n) is 7.77. The van der Waals surface area contributed by atoms with E-state index in [0.29, 0.717) is 3.57 Å². The van der Waals surface area contributed by atoms with Crippen molar-refractivity contribution in [2.24, 2.45) is 0 Å². The first-order valence-electron chi connectivity index (χ1n) is 3.55. The number of benzene rings is 1. The second-order valence-corrected chi connectivity index (χ2v) is 6.86. The van der Waals surface area contributed by atoms with Gasteiger partial charge in [0.25, 0.3) is 0 Å². The summed E-state index contributed by atoms with van der Waals surface area (Å²) >= 11 is -1.82. The Morgan fingerprint density at radius 3 is 2.06 bits per heavy atom. The van der Waals surface area contributed by atoms with Crippen LogP contribution in [0, 0.1) is 3.57 Å². The fourth-order valence-corrected chi connectivity index (χ4v) is 3.71. The van der Waals surface area contributed by atoms with E-state index in [9.17, 15) is 21.6 Å². The van der Waals surface area contributed by atoms with Crippen LogP contribution in [-0.4, -0.2) is 13.9 Å². The maximum atomic E-state index is 11.8. The van der Waals surface area contributed by atoms with E-state index in [4.69, 9.17) is 0 Å². The molecule has 0 N–H and O–H groups in total. The Kier molecular flexibility index (Phi) is 4.69. The van der Waals surface area contributed by atoms with E-state index in [1.54, 1.807) is 18.2 Å². The van der Waals surface area contributed by atoms with Crippen LogP contribution < -0.4 is 0 Å². The molecule has 0 aliphatic heterocycles. The molecule has 0 atom stereocenters. The maximum Gasteiger partial charge on any atom is 0 e. The predicted molar refractivity (Wildman–Crippen MR) is 56.6 cm³/mol. The second-order valence-electron chi connectivity index (χ2n) is 2.36. The normalized spacial score (nSPS) is 12.2. The first-order valence-corrected chi connectivity index (χ1v) is 7.08. The smallest absolute Gasteiger partial charge is 0 e. The van der Waals surface area contributed by atoms with Gasteiger partial charge in [-0.25, -0.2) is 0 Å². The number of hydrogen-bond donors (Lipinski definition) is 0. The molecule has 0 fully saturated rings. The molecule has 1 aromatic carbocycles. The Morgan fingerprint density at radius 1 is 1.12 bits per heavy atom. The summed E-state index contributed by atoms with van der Waals surface area (Å²) in [5.74, 6) is 0. The quantitative estimate of drug-likeness (QED) is 0.385. The summed E-state index contributed by atoms with van der Waals surface area (Å²) in [6.07, 6.45) is 0. The average molecular weight is 621 g/mol. The first kappa shape index (κ1) is 14.6. The van der Waals surface area contributed by atoms with Crippen LogP contribution in [0.5, 0.6) is 0 Å². The largest absolute Gasteiger partial charge is 0 e. The van der Waals surface area contributed by atoms with Crippen LogP contribution in [0.15, 0.2) is 30.3 Å². The van der Waals surface area contributed by atoms with Crippen LogP contribution in [0.25, 0.3) is 0 Å². The SMILES string of the molecule is O=S(=O)(O[IH]c1ccccc1)C(F)(F)F.[Rf]. The molecule has 0 spiro atoms. The van der Waals surface area contributed by atoms with E-state index in [-0.39, 0.29) is 0 Å². The first-order chi connectivity index (χ1) is 6.83. The third-order valence-electron chi connectivity index (χ3n) is 1.25. The zero-order valence-corrected chi connectivity index (χ0v) is 17.3. The minimum absolute atomic E-state index is 0. The summed E-state index contributed by atoms with van der Waals surface area (Å²) in [7, 11) is -5.44. The Labute approximate surface area is 95.2 Å². The fraction of sp³-hybridized carbons (Fsp3) is 0.143. The summed E-state index contributed by atoms with van der Waals surface area (Å²) in [6.45, 7) is 0. The molecule has 0 heterocycles. The summed E-state index contributed by atoms with van der Waals surface area (Å²) in [5.41, 5.74) is -5.34. The van der Waals surface area contributed by atoms with Crippen LogP contribution in [0.3, 0.4) is 0 Å².